The van der Waals surface area contributed by atoms with Crippen LogP contribution in [-0.2, 0) is 0 Å². The molecule has 112 valence electrons. The molecule has 1 unspecified atom stereocenters. The fraction of sp³-hybridized carbons (Fsp3) is 0.333. The maximum Gasteiger partial charge on any atom is 0.124 e. The van der Waals surface area contributed by atoms with Crippen molar-refractivity contribution in [2.75, 3.05) is 21.3 Å². The summed E-state index contributed by atoms with van der Waals surface area (Å²) in [6, 6.07) is 12.3. The number of methoxy groups -OCH3 is 2. The third-order valence-corrected chi connectivity index (χ3v) is 3.87. The van der Waals surface area contributed by atoms with Crippen LogP contribution in [0.4, 0.5) is 0 Å². The van der Waals surface area contributed by atoms with Crippen LogP contribution in [0, 0.1) is 13.8 Å². The molecule has 0 saturated heterocycles. The van der Waals surface area contributed by atoms with Gasteiger partial charge in [0.15, 0.2) is 0 Å². The molecule has 0 spiro atoms. The van der Waals surface area contributed by atoms with Gasteiger partial charge in [-0.1, -0.05) is 18.2 Å². The first kappa shape index (κ1) is 15.4. The molecule has 1 atom stereocenters. The smallest absolute Gasteiger partial charge is 0.124 e. The van der Waals surface area contributed by atoms with E-state index in [1.54, 1.807) is 14.2 Å². The van der Waals surface area contributed by atoms with Crippen molar-refractivity contribution in [1.82, 2.24) is 5.32 Å². The van der Waals surface area contributed by atoms with Gasteiger partial charge in [-0.3, -0.25) is 0 Å². The molecule has 3 nitrogen and oxygen atoms in total. The molecule has 2 aromatic rings. The summed E-state index contributed by atoms with van der Waals surface area (Å²) in [4.78, 5) is 0. The first-order chi connectivity index (χ1) is 10.1. The van der Waals surface area contributed by atoms with Crippen LogP contribution < -0.4 is 14.8 Å². The Morgan fingerprint density at radius 3 is 2.14 bits per heavy atom. The first-order valence-electron chi connectivity index (χ1n) is 7.07. The highest BCUT2D eigenvalue weighted by Gasteiger charge is 2.20. The minimum atomic E-state index is 0.0660. The molecule has 2 rings (SSSR count). The summed E-state index contributed by atoms with van der Waals surface area (Å²) in [5.41, 5.74) is 4.89. The van der Waals surface area contributed by atoms with Crippen molar-refractivity contribution < 1.29 is 9.47 Å². The Morgan fingerprint density at radius 2 is 1.62 bits per heavy atom. The van der Waals surface area contributed by atoms with Crippen molar-refractivity contribution >= 4 is 0 Å². The van der Waals surface area contributed by atoms with Gasteiger partial charge < -0.3 is 14.8 Å². The lowest BCUT2D eigenvalue weighted by Gasteiger charge is -2.24. The maximum absolute atomic E-state index is 5.53. The Kier molecular flexibility index (Phi) is 4.86. The van der Waals surface area contributed by atoms with E-state index in [9.17, 15) is 0 Å². The molecule has 0 saturated carbocycles. The van der Waals surface area contributed by atoms with E-state index in [0.717, 1.165) is 17.1 Å². The van der Waals surface area contributed by atoms with E-state index in [-0.39, 0.29) is 6.04 Å². The molecule has 0 bridgehead atoms. The van der Waals surface area contributed by atoms with Gasteiger partial charge in [-0.05, 0) is 55.8 Å². The van der Waals surface area contributed by atoms with Gasteiger partial charge >= 0.3 is 0 Å². The first-order valence-corrected chi connectivity index (χ1v) is 7.07. The van der Waals surface area contributed by atoms with Gasteiger partial charge in [0, 0.05) is 5.56 Å². The lowest BCUT2D eigenvalue weighted by atomic mass is 9.91. The van der Waals surface area contributed by atoms with E-state index in [2.05, 4.69) is 37.4 Å². The average molecular weight is 285 g/mol. The monoisotopic (exact) mass is 285 g/mol. The van der Waals surface area contributed by atoms with Crippen LogP contribution in [0.15, 0.2) is 36.4 Å². The molecule has 0 radical (unpaired) electrons. The predicted molar refractivity (Wildman–Crippen MR) is 86.4 cm³/mol. The van der Waals surface area contributed by atoms with Crippen LogP contribution in [0.2, 0.25) is 0 Å². The van der Waals surface area contributed by atoms with E-state index < -0.39 is 0 Å². The van der Waals surface area contributed by atoms with Crippen LogP contribution in [0.3, 0.4) is 0 Å². The van der Waals surface area contributed by atoms with Gasteiger partial charge in [0.05, 0.1) is 20.3 Å². The molecule has 0 aliphatic rings. The van der Waals surface area contributed by atoms with Gasteiger partial charge in [0.2, 0.25) is 0 Å². The lowest BCUT2D eigenvalue weighted by molar-refractivity contribution is 0.395. The third-order valence-electron chi connectivity index (χ3n) is 3.87. The zero-order valence-corrected chi connectivity index (χ0v) is 13.4. The van der Waals surface area contributed by atoms with Crippen molar-refractivity contribution in [2.45, 2.75) is 19.9 Å². The van der Waals surface area contributed by atoms with Crippen LogP contribution in [-0.4, -0.2) is 21.3 Å². The molecule has 0 fully saturated rings. The standard InChI is InChI=1S/C18H23NO2/c1-12-7-6-8-13(2)17(12)18(19-3)15-11-14(20-4)9-10-16(15)21-5/h6-11,18-19H,1-5H3. The SMILES string of the molecule is CNC(c1cc(OC)ccc1OC)c1c(C)cccc1C. The van der Waals surface area contributed by atoms with Crippen molar-refractivity contribution in [3.05, 3.63) is 58.7 Å². The van der Waals surface area contributed by atoms with Crippen molar-refractivity contribution in [3.8, 4) is 11.5 Å². The summed E-state index contributed by atoms with van der Waals surface area (Å²) in [7, 11) is 5.34. The Bertz CT molecular complexity index is 602. The van der Waals surface area contributed by atoms with E-state index in [0.29, 0.717) is 0 Å². The molecule has 21 heavy (non-hydrogen) atoms. The van der Waals surface area contributed by atoms with E-state index in [1.807, 2.05) is 25.2 Å². The molecule has 0 aliphatic carbocycles. The van der Waals surface area contributed by atoms with Gasteiger partial charge in [-0.15, -0.1) is 0 Å². The maximum atomic E-state index is 5.53. The summed E-state index contributed by atoms with van der Waals surface area (Å²) in [6.45, 7) is 4.28. The van der Waals surface area contributed by atoms with Crippen molar-refractivity contribution in [2.24, 2.45) is 0 Å². The number of ether oxygens (including phenoxy) is 2. The summed E-state index contributed by atoms with van der Waals surface area (Å²) >= 11 is 0. The van der Waals surface area contributed by atoms with Crippen molar-refractivity contribution in [3.63, 3.8) is 0 Å². The van der Waals surface area contributed by atoms with E-state index >= 15 is 0 Å². The molecule has 0 aromatic heterocycles. The highest BCUT2D eigenvalue weighted by Crippen LogP contribution is 2.35. The highest BCUT2D eigenvalue weighted by molar-refractivity contribution is 5.49. The number of benzene rings is 2. The predicted octanol–water partition coefficient (Wildman–Crippen LogP) is 3.63. The third kappa shape index (κ3) is 3.03. The topological polar surface area (TPSA) is 30.5 Å². The zero-order valence-electron chi connectivity index (χ0n) is 13.4. The second-order valence-corrected chi connectivity index (χ2v) is 5.14. The highest BCUT2D eigenvalue weighted by atomic mass is 16.5. The number of aryl methyl sites for hydroxylation is 2. The van der Waals surface area contributed by atoms with Crippen LogP contribution in [0.25, 0.3) is 0 Å². The minimum Gasteiger partial charge on any atom is -0.497 e. The van der Waals surface area contributed by atoms with Crippen LogP contribution >= 0.6 is 0 Å². The molecule has 1 N–H and O–H groups in total. The van der Waals surface area contributed by atoms with Gasteiger partial charge in [0.25, 0.3) is 0 Å². The van der Waals surface area contributed by atoms with Gasteiger partial charge in [-0.25, -0.2) is 0 Å². The molecular weight excluding hydrogens is 262 g/mol. The fourth-order valence-corrected chi connectivity index (χ4v) is 2.80. The Balaban J connectivity index is 2.61. The molecule has 0 amide bonds. The van der Waals surface area contributed by atoms with Gasteiger partial charge in [0.1, 0.15) is 11.5 Å². The van der Waals surface area contributed by atoms with E-state index in [1.165, 1.54) is 16.7 Å². The number of hydrogen-bond acceptors (Lipinski definition) is 3. The number of hydrogen-bond donors (Lipinski definition) is 1. The second kappa shape index (κ2) is 6.64. The Hall–Kier alpha value is -2.00. The molecule has 0 aliphatic heterocycles. The normalized spacial score (nSPS) is 12.0. The fourth-order valence-electron chi connectivity index (χ4n) is 2.80. The molecule has 3 heteroatoms. The molecule has 0 heterocycles. The summed E-state index contributed by atoms with van der Waals surface area (Å²) in [5.74, 6) is 1.69. The second-order valence-electron chi connectivity index (χ2n) is 5.14. The Labute approximate surface area is 126 Å². The van der Waals surface area contributed by atoms with Crippen LogP contribution in [0.1, 0.15) is 28.3 Å². The number of rotatable bonds is 5. The quantitative estimate of drug-likeness (QED) is 0.910. The van der Waals surface area contributed by atoms with Gasteiger partial charge in [-0.2, -0.15) is 0 Å². The largest absolute Gasteiger partial charge is 0.497 e. The van der Waals surface area contributed by atoms with Crippen molar-refractivity contribution in [1.29, 1.82) is 0 Å². The zero-order chi connectivity index (χ0) is 15.4. The summed E-state index contributed by atoms with van der Waals surface area (Å²) in [6.07, 6.45) is 0. The lowest BCUT2D eigenvalue weighted by Crippen LogP contribution is -2.20. The number of nitrogens with one attached hydrogen (secondary N) is 1. The van der Waals surface area contributed by atoms with E-state index in [4.69, 9.17) is 9.47 Å². The summed E-state index contributed by atoms with van der Waals surface area (Å²) < 4.78 is 10.9. The minimum absolute atomic E-state index is 0.0660. The Morgan fingerprint density at radius 1 is 0.952 bits per heavy atom. The molecular formula is C18H23NO2. The van der Waals surface area contributed by atoms with Crippen LogP contribution in [0.5, 0.6) is 11.5 Å². The average Bonchev–Trinajstić information content (AvgIpc) is 2.50. The molecule has 2 aromatic carbocycles. The summed E-state index contributed by atoms with van der Waals surface area (Å²) in [5, 5.41) is 3.41.